The molecule has 0 spiro atoms. The summed E-state index contributed by atoms with van der Waals surface area (Å²) in [5, 5.41) is 6.54. The molecule has 29 heavy (non-hydrogen) atoms. The van der Waals surface area contributed by atoms with Gasteiger partial charge in [-0.05, 0) is 54.1 Å². The molecule has 5 nitrogen and oxygen atoms in total. The second kappa shape index (κ2) is 9.45. The Labute approximate surface area is 178 Å². The zero-order valence-electron chi connectivity index (χ0n) is 15.5. The Morgan fingerprint density at radius 1 is 0.931 bits per heavy atom. The Kier molecular flexibility index (Phi) is 6.75. The summed E-state index contributed by atoms with van der Waals surface area (Å²) in [7, 11) is 1.54. The number of hydrogen-bond donors (Lipinski definition) is 2. The molecule has 3 aromatic carbocycles. The van der Waals surface area contributed by atoms with Gasteiger partial charge in [0.2, 0.25) is 5.91 Å². The highest BCUT2D eigenvalue weighted by molar-refractivity contribution is 6.35. The fourth-order valence-electron chi connectivity index (χ4n) is 2.69. The van der Waals surface area contributed by atoms with Crippen molar-refractivity contribution in [2.24, 2.45) is 0 Å². The van der Waals surface area contributed by atoms with E-state index in [9.17, 15) is 9.59 Å². The molecule has 0 aromatic heterocycles. The number of ether oxygens (including phenoxy) is 1. The summed E-state index contributed by atoms with van der Waals surface area (Å²) in [6.45, 7) is 0. The minimum Gasteiger partial charge on any atom is -0.495 e. The van der Waals surface area contributed by atoms with Crippen molar-refractivity contribution in [1.82, 2.24) is 0 Å². The minimum atomic E-state index is -0.277. The van der Waals surface area contributed by atoms with E-state index >= 15 is 0 Å². The van der Waals surface area contributed by atoms with Gasteiger partial charge in [-0.15, -0.1) is 0 Å². The van der Waals surface area contributed by atoms with Crippen LogP contribution in [0.2, 0.25) is 10.0 Å². The van der Waals surface area contributed by atoms with Gasteiger partial charge in [-0.25, -0.2) is 0 Å². The molecule has 0 atom stereocenters. The first-order valence-corrected chi connectivity index (χ1v) is 9.50. The number of methoxy groups -OCH3 is 1. The molecule has 0 aliphatic rings. The molecule has 0 bridgehead atoms. The first-order valence-electron chi connectivity index (χ1n) is 8.74. The van der Waals surface area contributed by atoms with Gasteiger partial charge in [-0.2, -0.15) is 0 Å². The lowest BCUT2D eigenvalue weighted by atomic mass is 10.1. The van der Waals surface area contributed by atoms with Crippen molar-refractivity contribution in [2.75, 3.05) is 17.7 Å². The molecule has 7 heteroatoms. The van der Waals surface area contributed by atoms with E-state index in [2.05, 4.69) is 10.6 Å². The lowest BCUT2D eigenvalue weighted by Gasteiger charge is -2.10. The third-order valence-corrected chi connectivity index (χ3v) is 4.74. The molecule has 0 aliphatic heterocycles. The zero-order valence-corrected chi connectivity index (χ0v) is 17.1. The molecule has 2 N–H and O–H groups in total. The first kappa shape index (κ1) is 20.7. The van der Waals surface area contributed by atoms with Gasteiger partial charge in [0.1, 0.15) is 5.75 Å². The molecule has 0 aliphatic carbocycles. The van der Waals surface area contributed by atoms with Crippen molar-refractivity contribution < 1.29 is 14.3 Å². The number of anilines is 2. The number of benzene rings is 3. The number of amides is 2. The van der Waals surface area contributed by atoms with Crippen LogP contribution in [0.25, 0.3) is 0 Å². The van der Waals surface area contributed by atoms with E-state index in [0.717, 1.165) is 0 Å². The maximum absolute atomic E-state index is 12.4. The van der Waals surface area contributed by atoms with Crippen LogP contribution in [0, 0.1) is 0 Å². The topological polar surface area (TPSA) is 67.4 Å². The van der Waals surface area contributed by atoms with E-state index in [0.29, 0.717) is 38.3 Å². The van der Waals surface area contributed by atoms with Gasteiger partial charge >= 0.3 is 0 Å². The van der Waals surface area contributed by atoms with E-state index in [4.69, 9.17) is 27.9 Å². The first-order chi connectivity index (χ1) is 14.0. The van der Waals surface area contributed by atoms with Crippen molar-refractivity contribution in [3.8, 4) is 5.75 Å². The molecule has 0 fully saturated rings. The summed E-state index contributed by atoms with van der Waals surface area (Å²) in [6, 6.07) is 18.8. The quantitative estimate of drug-likeness (QED) is 0.549. The van der Waals surface area contributed by atoms with Gasteiger partial charge in [-0.1, -0.05) is 41.4 Å². The number of nitrogens with one attached hydrogen (secondary N) is 2. The summed E-state index contributed by atoms with van der Waals surface area (Å²) < 4.78 is 5.23. The average molecular weight is 429 g/mol. The van der Waals surface area contributed by atoms with Gasteiger partial charge in [0.25, 0.3) is 5.91 Å². The fourth-order valence-corrected chi connectivity index (χ4v) is 3.17. The normalized spacial score (nSPS) is 10.3. The molecule has 3 rings (SSSR count). The maximum atomic E-state index is 12.4. The molecular weight excluding hydrogens is 411 g/mol. The largest absolute Gasteiger partial charge is 0.495 e. The van der Waals surface area contributed by atoms with Gasteiger partial charge in [-0.3, -0.25) is 9.59 Å². The van der Waals surface area contributed by atoms with Crippen LogP contribution in [0.4, 0.5) is 11.4 Å². The van der Waals surface area contributed by atoms with E-state index in [1.165, 1.54) is 0 Å². The summed E-state index contributed by atoms with van der Waals surface area (Å²) in [4.78, 5) is 24.7. The molecule has 2 amide bonds. The van der Waals surface area contributed by atoms with E-state index in [1.807, 2.05) is 12.1 Å². The Balaban J connectivity index is 1.62. The summed E-state index contributed by atoms with van der Waals surface area (Å²) in [6.07, 6.45) is 0.117. The molecule has 0 saturated carbocycles. The van der Waals surface area contributed by atoms with Crippen LogP contribution in [0.3, 0.4) is 0 Å². The molecule has 3 aromatic rings. The third-order valence-electron chi connectivity index (χ3n) is 4.15. The second-order valence-corrected chi connectivity index (χ2v) is 7.04. The molecule has 0 radical (unpaired) electrons. The fraction of sp³-hybridized carbons (Fsp3) is 0.0909. The van der Waals surface area contributed by atoms with Gasteiger partial charge in [0.05, 0.1) is 19.2 Å². The number of rotatable bonds is 6. The number of hydrogen-bond acceptors (Lipinski definition) is 3. The van der Waals surface area contributed by atoms with Crippen molar-refractivity contribution in [2.45, 2.75) is 6.42 Å². The molecule has 0 saturated heterocycles. The van der Waals surface area contributed by atoms with Gasteiger partial charge in [0, 0.05) is 21.3 Å². The van der Waals surface area contributed by atoms with Crippen molar-refractivity contribution in [3.05, 3.63) is 87.9 Å². The predicted molar refractivity (Wildman–Crippen MR) is 116 cm³/mol. The summed E-state index contributed by atoms with van der Waals surface area (Å²) >= 11 is 12.0. The number of halogens is 2. The van der Waals surface area contributed by atoms with E-state index in [-0.39, 0.29) is 18.2 Å². The average Bonchev–Trinajstić information content (AvgIpc) is 2.71. The molecular formula is C22H18Cl2N2O3. The monoisotopic (exact) mass is 428 g/mol. The predicted octanol–water partition coefficient (Wildman–Crippen LogP) is 5.44. The molecule has 0 heterocycles. The van der Waals surface area contributed by atoms with Crippen LogP contribution < -0.4 is 15.4 Å². The summed E-state index contributed by atoms with van der Waals surface area (Å²) in [5.74, 6) is 0.0753. The Morgan fingerprint density at radius 2 is 1.66 bits per heavy atom. The lowest BCUT2D eigenvalue weighted by Crippen LogP contribution is -2.15. The van der Waals surface area contributed by atoms with Crippen molar-refractivity contribution in [3.63, 3.8) is 0 Å². The van der Waals surface area contributed by atoms with Gasteiger partial charge in [0.15, 0.2) is 0 Å². The smallest absolute Gasteiger partial charge is 0.255 e. The van der Waals surface area contributed by atoms with Crippen LogP contribution in [-0.4, -0.2) is 18.9 Å². The third kappa shape index (κ3) is 5.50. The standard InChI is InChI=1S/C22H18Cl2N2O3/c1-29-20-5-3-2-4-19(20)26-22(28)14-7-10-17(11-8-14)25-21(27)12-15-6-9-16(23)13-18(15)24/h2-11,13H,12H2,1H3,(H,25,27)(H,26,28). The number of carbonyl (C=O) groups is 2. The van der Waals surface area contributed by atoms with Gasteiger partial charge < -0.3 is 15.4 Å². The second-order valence-electron chi connectivity index (χ2n) is 6.19. The maximum Gasteiger partial charge on any atom is 0.255 e. The highest BCUT2D eigenvalue weighted by atomic mass is 35.5. The number of para-hydroxylation sites is 2. The number of carbonyl (C=O) groups excluding carboxylic acids is 2. The Morgan fingerprint density at radius 3 is 2.34 bits per heavy atom. The highest BCUT2D eigenvalue weighted by Crippen LogP contribution is 2.24. The Hall–Kier alpha value is -3.02. The SMILES string of the molecule is COc1ccccc1NC(=O)c1ccc(NC(=O)Cc2ccc(Cl)cc2Cl)cc1. The van der Waals surface area contributed by atoms with E-state index < -0.39 is 0 Å². The van der Waals surface area contributed by atoms with Crippen LogP contribution >= 0.6 is 23.2 Å². The Bertz CT molecular complexity index is 1040. The van der Waals surface area contributed by atoms with Crippen LogP contribution in [0.5, 0.6) is 5.75 Å². The molecule has 148 valence electrons. The van der Waals surface area contributed by atoms with Crippen molar-refractivity contribution >= 4 is 46.4 Å². The van der Waals surface area contributed by atoms with Crippen LogP contribution in [0.15, 0.2) is 66.7 Å². The van der Waals surface area contributed by atoms with Crippen molar-refractivity contribution in [1.29, 1.82) is 0 Å². The van der Waals surface area contributed by atoms with Crippen LogP contribution in [0.1, 0.15) is 15.9 Å². The lowest BCUT2D eigenvalue weighted by molar-refractivity contribution is -0.115. The summed E-state index contributed by atoms with van der Waals surface area (Å²) in [5.41, 5.74) is 2.29. The highest BCUT2D eigenvalue weighted by Gasteiger charge is 2.11. The molecule has 0 unspecified atom stereocenters. The zero-order chi connectivity index (χ0) is 20.8. The van der Waals surface area contributed by atoms with E-state index in [1.54, 1.807) is 61.7 Å². The van der Waals surface area contributed by atoms with Crippen LogP contribution in [-0.2, 0) is 11.2 Å². The minimum absolute atomic E-state index is 0.117.